The summed E-state index contributed by atoms with van der Waals surface area (Å²) in [6.07, 6.45) is 12.4. The maximum absolute atomic E-state index is 11.8. The molecular formula is C33H50FN7O4. The number of halogens is 1. The fraction of sp³-hybridized carbons (Fsp3) is 0.576. The van der Waals surface area contributed by atoms with Crippen molar-refractivity contribution in [1.29, 1.82) is 0 Å². The summed E-state index contributed by atoms with van der Waals surface area (Å²) < 4.78 is 19.0. The molecule has 45 heavy (non-hydrogen) atoms. The fourth-order valence-corrected chi connectivity index (χ4v) is 5.86. The molecule has 1 saturated carbocycles. The zero-order valence-electron chi connectivity index (χ0n) is 26.8. The van der Waals surface area contributed by atoms with Gasteiger partial charge in [-0.15, -0.1) is 0 Å². The van der Waals surface area contributed by atoms with Gasteiger partial charge >= 0.3 is 6.09 Å². The second-order valence-electron chi connectivity index (χ2n) is 13.3. The predicted octanol–water partition coefficient (Wildman–Crippen LogP) is 4.73. The Labute approximate surface area is 265 Å². The highest BCUT2D eigenvalue weighted by Gasteiger charge is 2.29. The van der Waals surface area contributed by atoms with Gasteiger partial charge in [0.15, 0.2) is 0 Å². The molecule has 1 aliphatic carbocycles. The average molecular weight is 628 g/mol. The molecule has 11 nitrogen and oxygen atoms in total. The number of hydrogen-bond donors (Lipinski definition) is 4. The highest BCUT2D eigenvalue weighted by Crippen LogP contribution is 2.30. The number of phenols is 1. The fourth-order valence-electron chi connectivity index (χ4n) is 5.86. The molecule has 3 heterocycles. The van der Waals surface area contributed by atoms with Crippen LogP contribution in [0.4, 0.5) is 9.32 Å². The summed E-state index contributed by atoms with van der Waals surface area (Å²) in [5.74, 6) is 0.922. The summed E-state index contributed by atoms with van der Waals surface area (Å²) in [5.41, 5.74) is 20.0. The van der Waals surface area contributed by atoms with Crippen molar-refractivity contribution in [3.63, 3.8) is 0 Å². The Morgan fingerprint density at radius 2 is 1.71 bits per heavy atom. The van der Waals surface area contributed by atoms with Crippen molar-refractivity contribution in [1.82, 2.24) is 19.6 Å². The van der Waals surface area contributed by atoms with Crippen molar-refractivity contribution in [2.24, 2.45) is 23.1 Å². The standard InChI is InChI=1S/C23H32N6O.C10H18FNO3/c24-21(19-6-1-2-7-22(19)30)12-20(23(25)26)17-13-27-29(15-17)14-16-8-10-28(11-9-16)18-4-3-5-18;1-10(2,3)14-9(13)12-6-4-8(15-11)5-7-12/h1-2,6-7,12-13,15-16,18,30H,3-5,8-11,14,24-26H2;8H,4-7H2,1-3H3/b21-12-;. The van der Waals surface area contributed by atoms with Crippen LogP contribution in [0.25, 0.3) is 11.3 Å². The first-order chi connectivity index (χ1) is 21.4. The molecule has 0 atom stereocenters. The molecule has 7 N–H and O–H groups in total. The van der Waals surface area contributed by atoms with Crippen LogP contribution in [0.3, 0.4) is 0 Å². The molecule has 3 aliphatic rings. The number of rotatable bonds is 7. The minimum absolute atomic E-state index is 0.116. The first kappa shape index (κ1) is 34.1. The molecule has 248 valence electrons. The van der Waals surface area contributed by atoms with Gasteiger partial charge in [0.25, 0.3) is 0 Å². The van der Waals surface area contributed by atoms with Crippen molar-refractivity contribution in [2.45, 2.75) is 90.0 Å². The minimum Gasteiger partial charge on any atom is -0.507 e. The molecule has 2 aromatic rings. The number of piperidine rings is 2. The lowest BCUT2D eigenvalue weighted by Crippen LogP contribution is -2.45. The van der Waals surface area contributed by atoms with Crippen molar-refractivity contribution in [3.05, 3.63) is 59.7 Å². The number of aromatic hydroxyl groups is 1. The first-order valence-electron chi connectivity index (χ1n) is 16.0. The Morgan fingerprint density at radius 3 is 2.27 bits per heavy atom. The number of benzene rings is 1. The van der Waals surface area contributed by atoms with Crippen molar-refractivity contribution in [3.8, 4) is 5.75 Å². The van der Waals surface area contributed by atoms with Gasteiger partial charge in [-0.3, -0.25) is 4.68 Å². The lowest BCUT2D eigenvalue weighted by atomic mass is 9.88. The third kappa shape index (κ3) is 9.86. The highest BCUT2D eigenvalue weighted by molar-refractivity contribution is 5.84. The van der Waals surface area contributed by atoms with Gasteiger partial charge in [-0.2, -0.15) is 10.0 Å². The van der Waals surface area contributed by atoms with Crippen LogP contribution in [0.2, 0.25) is 0 Å². The Morgan fingerprint density at radius 1 is 1.04 bits per heavy atom. The third-order valence-electron chi connectivity index (χ3n) is 8.68. The van der Waals surface area contributed by atoms with E-state index < -0.39 is 5.60 Å². The number of carbonyl (C=O) groups excluding carboxylic acids is 1. The zero-order valence-corrected chi connectivity index (χ0v) is 26.8. The summed E-state index contributed by atoms with van der Waals surface area (Å²) in [6.45, 7) is 9.74. The van der Waals surface area contributed by atoms with Crippen LogP contribution in [0.15, 0.2) is 48.6 Å². The maximum Gasteiger partial charge on any atom is 0.410 e. The zero-order chi connectivity index (χ0) is 32.6. The van der Waals surface area contributed by atoms with Crippen LogP contribution < -0.4 is 17.2 Å². The van der Waals surface area contributed by atoms with Crippen molar-refractivity contribution >= 4 is 17.4 Å². The number of allylic oxidation sites excluding steroid dienone is 2. The number of ether oxygens (including phenoxy) is 1. The summed E-state index contributed by atoms with van der Waals surface area (Å²) in [7, 11) is 0. The van der Waals surface area contributed by atoms with E-state index in [1.54, 1.807) is 35.4 Å². The predicted molar refractivity (Wildman–Crippen MR) is 173 cm³/mol. The number of likely N-dealkylation sites (tertiary alicyclic amines) is 2. The van der Waals surface area contributed by atoms with Gasteiger partial charge in [0, 0.05) is 54.3 Å². The van der Waals surface area contributed by atoms with Gasteiger partial charge < -0.3 is 36.8 Å². The normalized spacial score (nSPS) is 18.9. The van der Waals surface area contributed by atoms with E-state index in [0.717, 1.165) is 18.2 Å². The van der Waals surface area contributed by atoms with Gasteiger partial charge in [0.2, 0.25) is 0 Å². The monoisotopic (exact) mass is 627 g/mol. The van der Waals surface area contributed by atoms with Crippen molar-refractivity contribution < 1.29 is 24.1 Å². The number of hydrogen-bond acceptors (Lipinski definition) is 9. The van der Waals surface area contributed by atoms with E-state index in [0.29, 0.717) is 48.7 Å². The van der Waals surface area contributed by atoms with E-state index in [2.05, 4.69) is 14.9 Å². The Balaban J connectivity index is 0.000000259. The van der Waals surface area contributed by atoms with E-state index in [1.165, 1.54) is 45.2 Å². The lowest BCUT2D eigenvalue weighted by Gasteiger charge is -2.41. The van der Waals surface area contributed by atoms with E-state index in [-0.39, 0.29) is 23.8 Å². The van der Waals surface area contributed by atoms with Gasteiger partial charge in [-0.05, 0) is 101 Å². The van der Waals surface area contributed by atoms with E-state index in [1.807, 2.05) is 37.7 Å². The van der Waals surface area contributed by atoms with Crippen LogP contribution >= 0.6 is 0 Å². The third-order valence-corrected chi connectivity index (χ3v) is 8.68. The molecule has 2 saturated heterocycles. The van der Waals surface area contributed by atoms with Gasteiger partial charge in [0.1, 0.15) is 23.3 Å². The molecular weight excluding hydrogens is 577 g/mol. The molecule has 1 aromatic carbocycles. The molecule has 0 unspecified atom stereocenters. The van der Waals surface area contributed by atoms with Crippen LogP contribution in [-0.2, 0) is 16.2 Å². The molecule has 3 fully saturated rings. The number of para-hydroxylation sites is 1. The molecule has 1 aromatic heterocycles. The number of phenolic OH excluding ortho intramolecular Hbond substituents is 1. The van der Waals surface area contributed by atoms with Crippen molar-refractivity contribution in [2.75, 3.05) is 26.2 Å². The quantitative estimate of drug-likeness (QED) is 0.319. The summed E-state index contributed by atoms with van der Waals surface area (Å²) in [6, 6.07) is 7.76. The van der Waals surface area contributed by atoms with Gasteiger partial charge in [-0.25, -0.2) is 4.79 Å². The molecule has 12 heteroatoms. The second kappa shape index (κ2) is 15.5. The van der Waals surface area contributed by atoms with E-state index >= 15 is 0 Å². The average Bonchev–Trinajstić information content (AvgIpc) is 3.43. The summed E-state index contributed by atoms with van der Waals surface area (Å²) in [4.78, 5) is 19.6. The Bertz CT molecular complexity index is 1310. The first-order valence-corrected chi connectivity index (χ1v) is 16.0. The lowest BCUT2D eigenvalue weighted by molar-refractivity contribution is -0.190. The Hall–Kier alpha value is -3.77. The minimum atomic E-state index is -0.482. The molecule has 0 spiro atoms. The van der Waals surface area contributed by atoms with Gasteiger partial charge in [-0.1, -0.05) is 18.6 Å². The molecule has 1 amide bonds. The summed E-state index contributed by atoms with van der Waals surface area (Å²) >= 11 is 0. The molecule has 5 rings (SSSR count). The number of nitrogens with zero attached hydrogens (tertiary/aromatic N) is 4. The topological polar surface area (TPSA) is 158 Å². The largest absolute Gasteiger partial charge is 0.507 e. The molecule has 0 radical (unpaired) electrons. The smallest absolute Gasteiger partial charge is 0.410 e. The van der Waals surface area contributed by atoms with Crippen LogP contribution in [-0.4, -0.2) is 74.7 Å². The van der Waals surface area contributed by atoms with Gasteiger partial charge in [0.05, 0.1) is 6.20 Å². The van der Waals surface area contributed by atoms with E-state index in [4.69, 9.17) is 21.9 Å². The number of nitrogens with two attached hydrogens (primary N) is 3. The number of amides is 1. The summed E-state index contributed by atoms with van der Waals surface area (Å²) in [5, 5.41) is 14.6. The molecule has 2 aliphatic heterocycles. The van der Waals surface area contributed by atoms with Crippen LogP contribution in [0, 0.1) is 5.92 Å². The van der Waals surface area contributed by atoms with E-state index in [9.17, 15) is 14.4 Å². The number of carbonyl (C=O) groups is 1. The number of aromatic nitrogens is 2. The molecule has 0 bridgehead atoms. The van der Waals surface area contributed by atoms with Crippen LogP contribution in [0.5, 0.6) is 5.75 Å². The highest BCUT2D eigenvalue weighted by atomic mass is 19.3. The maximum atomic E-state index is 11.8. The Kier molecular flexibility index (Phi) is 11.7. The SMILES string of the molecule is CC(C)(C)OC(=O)N1CCC(OF)CC1.NC(N)=C(/C=C(\N)c1ccccc1O)c1cnn(CC2CCN(C3CCC3)CC2)c1. The van der Waals surface area contributed by atoms with Crippen LogP contribution in [0.1, 0.15) is 76.8 Å². The second-order valence-corrected chi connectivity index (χ2v) is 13.3.